The minimum atomic E-state index is -2.05. The van der Waals surface area contributed by atoms with Gasteiger partial charge >= 0.3 is 0 Å². The lowest BCUT2D eigenvalue weighted by Gasteiger charge is -2.42. The monoisotopic (exact) mass is 498 g/mol. The molecule has 2 aromatic rings. The van der Waals surface area contributed by atoms with E-state index in [1.165, 1.54) is 0 Å². The van der Waals surface area contributed by atoms with Crippen LogP contribution in [0, 0.1) is 17.3 Å². The van der Waals surface area contributed by atoms with Crippen molar-refractivity contribution in [1.82, 2.24) is 0 Å². The van der Waals surface area contributed by atoms with Crippen LogP contribution in [0.5, 0.6) is 5.75 Å². The number of fused-ring (bicyclic) bond motifs is 1. The highest BCUT2D eigenvalue weighted by molar-refractivity contribution is 6.90. The van der Waals surface area contributed by atoms with Gasteiger partial charge in [-0.2, -0.15) is 0 Å². The summed E-state index contributed by atoms with van der Waals surface area (Å²) >= 11 is 0. The van der Waals surface area contributed by atoms with Crippen molar-refractivity contribution in [3.05, 3.63) is 41.7 Å². The van der Waals surface area contributed by atoms with Gasteiger partial charge in [0.05, 0.1) is 5.56 Å². The molecule has 0 unspecified atom stereocenters. The highest BCUT2D eigenvalue weighted by Crippen LogP contribution is 2.44. The highest BCUT2D eigenvalue weighted by atomic mass is 28.4. The Balaban J connectivity index is 2.64. The number of benzene rings is 2. The molecule has 0 fully saturated rings. The molecule has 2 rings (SSSR count). The molecule has 0 amide bonds. The molecule has 0 aliphatic carbocycles. The van der Waals surface area contributed by atoms with E-state index in [2.05, 4.69) is 101 Å². The van der Waals surface area contributed by atoms with E-state index in [1.54, 1.807) is 6.07 Å². The number of hydrogen-bond donors (Lipinski definition) is 0. The summed E-state index contributed by atoms with van der Waals surface area (Å²) < 4.78 is 22.0. The van der Waals surface area contributed by atoms with E-state index < -0.39 is 16.4 Å². The third kappa shape index (κ3) is 5.16. The Morgan fingerprint density at radius 2 is 1.18 bits per heavy atom. The summed E-state index contributed by atoms with van der Waals surface area (Å²) in [5, 5.41) is 1.87. The van der Waals surface area contributed by atoms with Crippen molar-refractivity contribution in [3.63, 3.8) is 0 Å². The minimum absolute atomic E-state index is 0.233. The predicted octanol–water partition coefficient (Wildman–Crippen LogP) is 10.1. The van der Waals surface area contributed by atoms with Crippen LogP contribution < -0.4 is 4.43 Å². The topological polar surface area (TPSA) is 9.23 Å². The van der Waals surface area contributed by atoms with E-state index in [0.29, 0.717) is 38.8 Å². The number of halogens is 1. The Bertz CT molecular complexity index is 997. The van der Waals surface area contributed by atoms with Gasteiger partial charge in [-0.15, -0.1) is 5.54 Å². The maximum absolute atomic E-state index is 15.1. The molecule has 188 valence electrons. The van der Waals surface area contributed by atoms with Crippen molar-refractivity contribution in [2.24, 2.45) is 0 Å². The van der Waals surface area contributed by atoms with Crippen LogP contribution in [-0.4, -0.2) is 16.4 Å². The van der Waals surface area contributed by atoms with Gasteiger partial charge in [-0.1, -0.05) is 95.1 Å². The first-order chi connectivity index (χ1) is 15.7. The van der Waals surface area contributed by atoms with Gasteiger partial charge in [-0.3, -0.25) is 0 Å². The lowest BCUT2D eigenvalue weighted by molar-refractivity contribution is 0.480. The number of rotatable bonds is 8. The molecule has 0 atom stereocenters. The average molecular weight is 499 g/mol. The standard InChI is InChI=1S/C30H47FOSi2/c1-20(2)33(21(3)4,22(5)6)18-17-29-28-15-14-27(19-26(28)13-16-30(29)31)32-34(23(7)8,24(9)10)25(11)12/h13-16,19-25H,1-12H3. The molecule has 0 saturated carbocycles. The third-order valence-corrected chi connectivity index (χ3v) is 20.5. The fourth-order valence-corrected chi connectivity index (χ4v) is 17.1. The van der Waals surface area contributed by atoms with Gasteiger partial charge in [0.15, 0.2) is 0 Å². The molecule has 0 aliphatic rings. The quantitative estimate of drug-likeness (QED) is 0.260. The molecule has 4 heteroatoms. The molecule has 1 nitrogen and oxygen atoms in total. The van der Waals surface area contributed by atoms with Crippen LogP contribution in [0.1, 0.15) is 88.6 Å². The van der Waals surface area contributed by atoms with Gasteiger partial charge in [0, 0.05) is 5.39 Å². The zero-order chi connectivity index (χ0) is 26.0. The van der Waals surface area contributed by atoms with Crippen molar-refractivity contribution >= 4 is 27.2 Å². The van der Waals surface area contributed by atoms with Crippen molar-refractivity contribution < 1.29 is 8.82 Å². The Hall–Kier alpha value is -1.58. The maximum Gasteiger partial charge on any atom is 0.258 e. The smallest absolute Gasteiger partial charge is 0.258 e. The van der Waals surface area contributed by atoms with E-state index in [0.717, 1.165) is 16.5 Å². The summed E-state index contributed by atoms with van der Waals surface area (Å²) in [6.45, 7) is 27.5. The molecule has 0 heterocycles. The zero-order valence-electron chi connectivity index (χ0n) is 23.6. The van der Waals surface area contributed by atoms with Crippen molar-refractivity contribution in [1.29, 1.82) is 0 Å². The molecule has 0 bridgehead atoms. The van der Waals surface area contributed by atoms with E-state index in [-0.39, 0.29) is 5.82 Å². The summed E-state index contributed by atoms with van der Waals surface area (Å²) in [6.07, 6.45) is 0. The van der Waals surface area contributed by atoms with Crippen LogP contribution in [0.25, 0.3) is 10.8 Å². The molecule has 34 heavy (non-hydrogen) atoms. The maximum atomic E-state index is 15.1. The summed E-state index contributed by atoms with van der Waals surface area (Å²) in [5.74, 6) is 4.03. The molecule has 0 radical (unpaired) electrons. The summed E-state index contributed by atoms with van der Waals surface area (Å²) in [5.41, 5.74) is 7.27. The highest BCUT2D eigenvalue weighted by Gasteiger charge is 2.47. The molecule has 0 aliphatic heterocycles. The first-order valence-corrected chi connectivity index (χ1v) is 17.5. The molecular formula is C30H47FOSi2. The SMILES string of the molecule is CC(C)[Si](C#Cc1c(F)ccc2cc(O[Si](C(C)C)(C(C)C)C(C)C)ccc12)(C(C)C)C(C)C. The van der Waals surface area contributed by atoms with Gasteiger partial charge < -0.3 is 4.43 Å². The van der Waals surface area contributed by atoms with E-state index in [1.807, 2.05) is 18.2 Å². The van der Waals surface area contributed by atoms with E-state index in [9.17, 15) is 0 Å². The van der Waals surface area contributed by atoms with Gasteiger partial charge in [-0.05, 0) is 62.9 Å². The van der Waals surface area contributed by atoms with E-state index in [4.69, 9.17) is 4.43 Å². The molecular weight excluding hydrogens is 451 g/mol. The van der Waals surface area contributed by atoms with Crippen LogP contribution in [0.4, 0.5) is 4.39 Å². The molecule has 2 aromatic carbocycles. The summed E-state index contributed by atoms with van der Waals surface area (Å²) in [6, 6.07) is 9.57. The van der Waals surface area contributed by atoms with Gasteiger partial charge in [-0.25, -0.2) is 4.39 Å². The van der Waals surface area contributed by atoms with Crippen LogP contribution in [0.3, 0.4) is 0 Å². The Morgan fingerprint density at radius 1 is 0.676 bits per heavy atom. The summed E-state index contributed by atoms with van der Waals surface area (Å²) in [7, 11) is -4.00. The fraction of sp³-hybridized carbons (Fsp3) is 0.600. The first kappa shape index (κ1) is 28.7. The minimum Gasteiger partial charge on any atom is -0.543 e. The fourth-order valence-electron chi connectivity index (χ4n) is 6.63. The first-order valence-electron chi connectivity index (χ1n) is 13.2. The van der Waals surface area contributed by atoms with Gasteiger partial charge in [0.25, 0.3) is 8.32 Å². The lowest BCUT2D eigenvalue weighted by Crippen LogP contribution is -2.50. The third-order valence-electron chi connectivity index (χ3n) is 8.21. The Labute approximate surface area is 211 Å². The Kier molecular flexibility index (Phi) is 9.27. The molecule has 0 N–H and O–H groups in total. The van der Waals surface area contributed by atoms with E-state index >= 15 is 4.39 Å². The Morgan fingerprint density at radius 3 is 1.62 bits per heavy atom. The number of hydrogen-bond acceptors (Lipinski definition) is 1. The predicted molar refractivity (Wildman–Crippen MR) is 154 cm³/mol. The average Bonchev–Trinajstić information content (AvgIpc) is 2.72. The van der Waals surface area contributed by atoms with Crippen LogP contribution in [0.15, 0.2) is 30.3 Å². The largest absolute Gasteiger partial charge is 0.543 e. The van der Waals surface area contributed by atoms with Crippen LogP contribution >= 0.6 is 0 Å². The van der Waals surface area contributed by atoms with Gasteiger partial charge in [0.1, 0.15) is 19.6 Å². The van der Waals surface area contributed by atoms with Crippen molar-refractivity contribution in [2.45, 2.75) is 116 Å². The molecule has 0 saturated heterocycles. The molecule has 0 spiro atoms. The second kappa shape index (κ2) is 11.0. The van der Waals surface area contributed by atoms with Crippen LogP contribution in [-0.2, 0) is 0 Å². The normalized spacial score (nSPS) is 13.0. The summed E-state index contributed by atoms with van der Waals surface area (Å²) in [4.78, 5) is 0. The molecule has 0 aromatic heterocycles. The second-order valence-corrected chi connectivity index (χ2v) is 22.8. The van der Waals surface area contributed by atoms with Gasteiger partial charge in [0.2, 0.25) is 0 Å². The van der Waals surface area contributed by atoms with Crippen LogP contribution in [0.2, 0.25) is 33.2 Å². The lowest BCUT2D eigenvalue weighted by atomic mass is 10.0. The van der Waals surface area contributed by atoms with Crippen molar-refractivity contribution in [3.8, 4) is 17.2 Å². The second-order valence-electron chi connectivity index (χ2n) is 11.9. The van der Waals surface area contributed by atoms with Crippen molar-refractivity contribution in [2.75, 3.05) is 0 Å². The zero-order valence-corrected chi connectivity index (χ0v) is 25.6.